The molecule has 5 heteroatoms. The van der Waals surface area contributed by atoms with Crippen LogP contribution in [0.25, 0.3) is 11.0 Å². The molecule has 0 aliphatic heterocycles. The number of para-hydroxylation sites is 2. The first-order chi connectivity index (χ1) is 8.63. The van der Waals surface area contributed by atoms with Gasteiger partial charge in [-0.2, -0.15) is 0 Å². The number of hydrogen-bond donors (Lipinski definition) is 1. The fourth-order valence-corrected chi connectivity index (χ4v) is 1.89. The first-order valence-corrected chi connectivity index (χ1v) is 5.81. The summed E-state index contributed by atoms with van der Waals surface area (Å²) in [7, 11) is 1.72. The van der Waals surface area contributed by atoms with Crippen molar-refractivity contribution in [3.8, 4) is 0 Å². The number of aromatic nitrogens is 2. The van der Waals surface area contributed by atoms with Gasteiger partial charge >= 0.3 is 5.97 Å². The number of benzene rings is 1. The minimum atomic E-state index is -0.852. The van der Waals surface area contributed by atoms with Gasteiger partial charge in [0, 0.05) is 7.05 Å². The highest BCUT2D eigenvalue weighted by molar-refractivity contribution is 5.79. The Kier molecular flexibility index (Phi) is 3.41. The lowest BCUT2D eigenvalue weighted by molar-refractivity contribution is -0.138. The topological polar surface area (TPSA) is 66.3 Å². The lowest BCUT2D eigenvalue weighted by Crippen LogP contribution is -2.38. The van der Waals surface area contributed by atoms with Crippen LogP contribution < -0.4 is 4.90 Å². The first-order valence-electron chi connectivity index (χ1n) is 5.81. The number of hydrogen-bond acceptors (Lipinski definition) is 4. The van der Waals surface area contributed by atoms with Gasteiger partial charge in [-0.05, 0) is 18.6 Å². The van der Waals surface area contributed by atoms with Crippen molar-refractivity contribution in [1.29, 1.82) is 0 Å². The molecule has 1 heterocycles. The summed E-state index contributed by atoms with van der Waals surface area (Å²) in [5, 5.41) is 9.13. The quantitative estimate of drug-likeness (QED) is 0.891. The van der Waals surface area contributed by atoms with Crippen molar-refractivity contribution in [2.45, 2.75) is 19.4 Å². The van der Waals surface area contributed by atoms with E-state index in [1.807, 2.05) is 31.2 Å². The van der Waals surface area contributed by atoms with Gasteiger partial charge in [0.05, 0.1) is 17.2 Å². The summed E-state index contributed by atoms with van der Waals surface area (Å²) in [6, 6.07) is 6.93. The number of anilines is 1. The van der Waals surface area contributed by atoms with E-state index in [0.717, 1.165) is 11.0 Å². The van der Waals surface area contributed by atoms with Crippen LogP contribution in [0.5, 0.6) is 0 Å². The van der Waals surface area contributed by atoms with Crippen LogP contribution in [0.15, 0.2) is 30.5 Å². The van der Waals surface area contributed by atoms with Crippen molar-refractivity contribution in [3.63, 3.8) is 0 Å². The zero-order valence-corrected chi connectivity index (χ0v) is 10.4. The molecular formula is C13H15N3O2. The van der Waals surface area contributed by atoms with E-state index in [9.17, 15) is 4.79 Å². The van der Waals surface area contributed by atoms with Crippen molar-refractivity contribution >= 4 is 22.8 Å². The summed E-state index contributed by atoms with van der Waals surface area (Å²) in [6.07, 6.45) is 2.12. The van der Waals surface area contributed by atoms with Crippen molar-refractivity contribution in [3.05, 3.63) is 30.5 Å². The molecule has 1 atom stereocenters. The molecule has 0 aliphatic carbocycles. The molecule has 94 valence electrons. The number of nitrogens with zero attached hydrogens (tertiary/aromatic N) is 3. The number of rotatable bonds is 4. The Balaban J connectivity index is 2.38. The van der Waals surface area contributed by atoms with Gasteiger partial charge in [0.2, 0.25) is 0 Å². The van der Waals surface area contributed by atoms with Crippen LogP contribution in [0.2, 0.25) is 0 Å². The molecule has 5 nitrogen and oxygen atoms in total. The van der Waals surface area contributed by atoms with Gasteiger partial charge in [-0.25, -0.2) is 9.78 Å². The Morgan fingerprint density at radius 2 is 2.06 bits per heavy atom. The summed E-state index contributed by atoms with van der Waals surface area (Å²) in [4.78, 5) is 21.5. The SMILES string of the molecule is CCC(C(=O)O)N(C)c1cnc2ccccc2n1. The molecule has 0 fully saturated rings. The lowest BCUT2D eigenvalue weighted by atomic mass is 10.2. The Labute approximate surface area is 105 Å². The van der Waals surface area contributed by atoms with Gasteiger partial charge in [0.15, 0.2) is 0 Å². The highest BCUT2D eigenvalue weighted by Gasteiger charge is 2.21. The molecule has 0 bridgehead atoms. The summed E-state index contributed by atoms with van der Waals surface area (Å²) in [6.45, 7) is 1.84. The third-order valence-corrected chi connectivity index (χ3v) is 2.94. The second-order valence-corrected chi connectivity index (χ2v) is 4.09. The van der Waals surface area contributed by atoms with Gasteiger partial charge in [-0.1, -0.05) is 19.1 Å². The minimum Gasteiger partial charge on any atom is -0.480 e. The average molecular weight is 245 g/mol. The molecule has 1 aromatic heterocycles. The van der Waals surface area contributed by atoms with Gasteiger partial charge in [0.1, 0.15) is 11.9 Å². The number of carboxylic acid groups (broad SMARTS) is 1. The first kappa shape index (κ1) is 12.3. The lowest BCUT2D eigenvalue weighted by Gasteiger charge is -2.24. The molecule has 0 aliphatic rings. The molecule has 1 aromatic carbocycles. The normalized spacial score (nSPS) is 12.3. The van der Waals surface area contributed by atoms with Gasteiger partial charge in [-0.3, -0.25) is 4.98 Å². The second-order valence-electron chi connectivity index (χ2n) is 4.09. The number of carbonyl (C=O) groups is 1. The molecule has 2 aromatic rings. The largest absolute Gasteiger partial charge is 0.480 e. The smallest absolute Gasteiger partial charge is 0.326 e. The van der Waals surface area contributed by atoms with Crippen LogP contribution >= 0.6 is 0 Å². The summed E-state index contributed by atoms with van der Waals surface area (Å²) < 4.78 is 0. The molecule has 0 radical (unpaired) electrons. The summed E-state index contributed by atoms with van der Waals surface area (Å²) >= 11 is 0. The molecule has 0 amide bonds. The van der Waals surface area contributed by atoms with E-state index in [-0.39, 0.29) is 0 Å². The van der Waals surface area contributed by atoms with Crippen molar-refractivity contribution in [2.75, 3.05) is 11.9 Å². The van der Waals surface area contributed by atoms with Gasteiger partial charge in [0.25, 0.3) is 0 Å². The van der Waals surface area contributed by atoms with Crippen molar-refractivity contribution in [1.82, 2.24) is 9.97 Å². The van der Waals surface area contributed by atoms with Gasteiger partial charge in [-0.15, -0.1) is 0 Å². The third kappa shape index (κ3) is 2.25. The maximum Gasteiger partial charge on any atom is 0.326 e. The Bertz CT molecular complexity index is 571. The summed E-state index contributed by atoms with van der Waals surface area (Å²) in [5.74, 6) is -0.280. The van der Waals surface area contributed by atoms with E-state index in [0.29, 0.717) is 12.2 Å². The standard InChI is InChI=1S/C13H15N3O2/c1-3-11(13(17)18)16(2)12-8-14-9-6-4-5-7-10(9)15-12/h4-8,11H,3H2,1-2H3,(H,17,18). The zero-order chi connectivity index (χ0) is 13.1. The number of likely N-dealkylation sites (N-methyl/N-ethyl adjacent to an activating group) is 1. The number of fused-ring (bicyclic) bond motifs is 1. The van der Waals surface area contributed by atoms with E-state index < -0.39 is 12.0 Å². The molecule has 1 N–H and O–H groups in total. The molecule has 18 heavy (non-hydrogen) atoms. The second kappa shape index (κ2) is 5.00. The highest BCUT2D eigenvalue weighted by atomic mass is 16.4. The maximum atomic E-state index is 11.1. The van der Waals surface area contributed by atoms with E-state index >= 15 is 0 Å². The number of aliphatic carboxylic acids is 1. The van der Waals surface area contributed by atoms with E-state index in [2.05, 4.69) is 9.97 Å². The predicted octanol–water partition coefficient (Wildman–Crippen LogP) is 1.93. The molecule has 0 saturated heterocycles. The Morgan fingerprint density at radius 1 is 1.39 bits per heavy atom. The van der Waals surface area contributed by atoms with E-state index in [1.54, 1.807) is 18.1 Å². The van der Waals surface area contributed by atoms with Crippen LogP contribution in [-0.4, -0.2) is 34.1 Å². The zero-order valence-electron chi connectivity index (χ0n) is 10.4. The van der Waals surface area contributed by atoms with Crippen LogP contribution in [0.1, 0.15) is 13.3 Å². The van der Waals surface area contributed by atoms with Gasteiger partial charge < -0.3 is 10.0 Å². The van der Waals surface area contributed by atoms with Crippen molar-refractivity contribution in [2.24, 2.45) is 0 Å². The highest BCUT2D eigenvalue weighted by Crippen LogP contribution is 2.17. The molecule has 2 rings (SSSR count). The predicted molar refractivity (Wildman–Crippen MR) is 69.7 cm³/mol. The van der Waals surface area contributed by atoms with Crippen molar-refractivity contribution < 1.29 is 9.90 Å². The molecule has 1 unspecified atom stereocenters. The van der Waals surface area contributed by atoms with Crippen LogP contribution in [0, 0.1) is 0 Å². The van der Waals surface area contributed by atoms with Crippen LogP contribution in [0.4, 0.5) is 5.82 Å². The number of carboxylic acids is 1. The Morgan fingerprint density at radius 3 is 2.67 bits per heavy atom. The minimum absolute atomic E-state index is 0.514. The average Bonchev–Trinajstić information content (AvgIpc) is 2.38. The van der Waals surface area contributed by atoms with E-state index in [1.165, 1.54) is 0 Å². The molecular weight excluding hydrogens is 230 g/mol. The fourth-order valence-electron chi connectivity index (χ4n) is 1.89. The monoisotopic (exact) mass is 245 g/mol. The van der Waals surface area contributed by atoms with E-state index in [4.69, 9.17) is 5.11 Å². The molecule has 0 saturated carbocycles. The summed E-state index contributed by atoms with van der Waals surface area (Å²) in [5.41, 5.74) is 1.57. The van der Waals surface area contributed by atoms with Crippen LogP contribution in [-0.2, 0) is 4.79 Å². The maximum absolute atomic E-state index is 11.1. The molecule has 0 spiro atoms. The third-order valence-electron chi connectivity index (χ3n) is 2.94. The fraction of sp³-hybridized carbons (Fsp3) is 0.308. The Hall–Kier alpha value is -2.17. The van der Waals surface area contributed by atoms with Crippen LogP contribution in [0.3, 0.4) is 0 Å².